The van der Waals surface area contributed by atoms with Crippen molar-refractivity contribution < 1.29 is 5.11 Å². The first-order valence-corrected chi connectivity index (χ1v) is 6.67. The second kappa shape index (κ2) is 6.76. The van der Waals surface area contributed by atoms with Crippen LogP contribution < -0.4 is 5.73 Å². The molecule has 0 spiro atoms. The predicted molar refractivity (Wildman–Crippen MR) is 78.3 cm³/mol. The Balaban J connectivity index is 0.00000162. The number of rotatable bonds is 3. The Hall–Kier alpha value is -0.280. The molecule has 2 rings (SSSR count). The number of halogens is 2. The third-order valence-electron chi connectivity index (χ3n) is 3.83. The first-order valence-electron chi connectivity index (χ1n) is 6.29. The Morgan fingerprint density at radius 3 is 2.50 bits per heavy atom. The maximum atomic E-state index is 10.3. The summed E-state index contributed by atoms with van der Waals surface area (Å²) >= 11 is 6.09. The molecule has 0 radical (unpaired) electrons. The summed E-state index contributed by atoms with van der Waals surface area (Å²) in [6, 6.07) is 5.47. The van der Waals surface area contributed by atoms with Gasteiger partial charge in [-0.2, -0.15) is 0 Å². The summed E-state index contributed by atoms with van der Waals surface area (Å²) in [5, 5.41) is 11.0. The average Bonchev–Trinajstić information content (AvgIpc) is 2.84. The summed E-state index contributed by atoms with van der Waals surface area (Å²) in [6.45, 7) is 1.96. The first-order chi connectivity index (χ1) is 8.09. The van der Waals surface area contributed by atoms with Crippen molar-refractivity contribution in [1.82, 2.24) is 0 Å². The molecule has 1 saturated carbocycles. The Morgan fingerprint density at radius 1 is 1.33 bits per heavy atom. The van der Waals surface area contributed by atoms with Crippen molar-refractivity contribution in [2.45, 2.75) is 44.8 Å². The molecule has 102 valence electrons. The van der Waals surface area contributed by atoms with Gasteiger partial charge in [0.1, 0.15) is 0 Å². The molecule has 0 bridgehead atoms. The van der Waals surface area contributed by atoms with Crippen LogP contribution in [0.25, 0.3) is 0 Å². The molecule has 1 aliphatic carbocycles. The summed E-state index contributed by atoms with van der Waals surface area (Å²) in [5.41, 5.74) is 8.10. The van der Waals surface area contributed by atoms with E-state index in [-0.39, 0.29) is 18.4 Å². The summed E-state index contributed by atoms with van der Waals surface area (Å²) in [4.78, 5) is 0. The number of hydrogen-bond donors (Lipinski definition) is 2. The van der Waals surface area contributed by atoms with Crippen LogP contribution in [0.4, 0.5) is 0 Å². The molecular weight excluding hydrogens is 269 g/mol. The third-order valence-corrected chi connectivity index (χ3v) is 4.24. The summed E-state index contributed by atoms with van der Waals surface area (Å²) < 4.78 is 0. The monoisotopic (exact) mass is 289 g/mol. The average molecular weight is 290 g/mol. The number of nitrogens with two attached hydrogens (primary N) is 1. The molecule has 0 unspecified atom stereocenters. The zero-order chi connectivity index (χ0) is 12.4. The molecule has 0 amide bonds. The molecule has 3 N–H and O–H groups in total. The number of aliphatic hydroxyl groups excluding tert-OH is 1. The van der Waals surface area contributed by atoms with Gasteiger partial charge >= 0.3 is 0 Å². The van der Waals surface area contributed by atoms with Crippen molar-refractivity contribution in [3.05, 3.63) is 34.3 Å². The van der Waals surface area contributed by atoms with Gasteiger partial charge in [0.05, 0.1) is 12.1 Å². The fourth-order valence-electron chi connectivity index (χ4n) is 2.61. The Kier molecular flexibility index (Phi) is 5.93. The molecule has 1 aliphatic rings. The minimum atomic E-state index is -0.448. The zero-order valence-electron chi connectivity index (χ0n) is 10.6. The van der Waals surface area contributed by atoms with Crippen molar-refractivity contribution in [2.75, 3.05) is 0 Å². The van der Waals surface area contributed by atoms with Crippen LogP contribution >= 0.6 is 24.0 Å². The minimum Gasteiger partial charge on any atom is -0.391 e. The van der Waals surface area contributed by atoms with Crippen molar-refractivity contribution in [3.63, 3.8) is 0 Å². The summed E-state index contributed by atoms with van der Waals surface area (Å²) in [7, 11) is 0. The van der Waals surface area contributed by atoms with Crippen molar-refractivity contribution in [1.29, 1.82) is 0 Å². The van der Waals surface area contributed by atoms with Crippen LogP contribution in [0.3, 0.4) is 0 Å². The molecular formula is C14H21Cl2NO. The van der Waals surface area contributed by atoms with Gasteiger partial charge in [0.25, 0.3) is 0 Å². The maximum Gasteiger partial charge on any atom is 0.0760 e. The quantitative estimate of drug-likeness (QED) is 0.893. The highest BCUT2D eigenvalue weighted by Crippen LogP contribution is 2.33. The highest BCUT2D eigenvalue weighted by Gasteiger charge is 2.28. The van der Waals surface area contributed by atoms with Gasteiger partial charge in [-0.3, -0.25) is 0 Å². The summed E-state index contributed by atoms with van der Waals surface area (Å²) in [5.74, 6) is 0.352. The SMILES string of the molecule is Cc1ccc([C@@H](N)[C@@H](O)C2CCCC2)cc1Cl.Cl. The lowest BCUT2D eigenvalue weighted by molar-refractivity contribution is 0.0845. The normalized spacial score (nSPS) is 19.3. The number of benzene rings is 1. The molecule has 0 heterocycles. The van der Waals surface area contributed by atoms with Crippen LogP contribution in [0.2, 0.25) is 5.02 Å². The van der Waals surface area contributed by atoms with Crippen molar-refractivity contribution >= 4 is 24.0 Å². The van der Waals surface area contributed by atoms with Gasteiger partial charge in [0.2, 0.25) is 0 Å². The Bertz CT molecular complexity index is 391. The van der Waals surface area contributed by atoms with Crippen LogP contribution in [0.5, 0.6) is 0 Å². The Labute approximate surface area is 120 Å². The molecule has 0 saturated heterocycles. The van der Waals surface area contributed by atoms with E-state index in [1.165, 1.54) is 12.8 Å². The lowest BCUT2D eigenvalue weighted by atomic mass is 9.90. The van der Waals surface area contributed by atoms with Gasteiger partial charge in [-0.15, -0.1) is 12.4 Å². The van der Waals surface area contributed by atoms with Crippen molar-refractivity contribution in [3.8, 4) is 0 Å². The molecule has 1 fully saturated rings. The van der Waals surface area contributed by atoms with E-state index in [1.807, 2.05) is 25.1 Å². The molecule has 2 atom stereocenters. The smallest absolute Gasteiger partial charge is 0.0760 e. The topological polar surface area (TPSA) is 46.2 Å². The van der Waals surface area contributed by atoms with Crippen LogP contribution in [0, 0.1) is 12.8 Å². The highest BCUT2D eigenvalue weighted by atomic mass is 35.5. The van der Waals surface area contributed by atoms with Crippen LogP contribution in [0.1, 0.15) is 42.9 Å². The molecule has 0 aliphatic heterocycles. The van der Waals surface area contributed by atoms with Crippen LogP contribution in [-0.2, 0) is 0 Å². The molecule has 18 heavy (non-hydrogen) atoms. The Morgan fingerprint density at radius 2 is 1.94 bits per heavy atom. The lowest BCUT2D eigenvalue weighted by Gasteiger charge is -2.24. The summed E-state index contributed by atoms with van der Waals surface area (Å²) in [6.07, 6.45) is 4.16. The van der Waals surface area contributed by atoms with E-state index in [9.17, 15) is 5.11 Å². The fourth-order valence-corrected chi connectivity index (χ4v) is 2.79. The maximum absolute atomic E-state index is 10.3. The number of aryl methyl sites for hydroxylation is 1. The predicted octanol–water partition coefficient (Wildman–Crippen LogP) is 3.62. The van der Waals surface area contributed by atoms with Gasteiger partial charge in [-0.05, 0) is 42.9 Å². The van der Waals surface area contributed by atoms with E-state index in [1.54, 1.807) is 0 Å². The second-order valence-electron chi connectivity index (χ2n) is 5.07. The fraction of sp³-hybridized carbons (Fsp3) is 0.571. The van der Waals surface area contributed by atoms with E-state index < -0.39 is 6.10 Å². The van der Waals surface area contributed by atoms with E-state index in [0.29, 0.717) is 5.92 Å². The van der Waals surface area contributed by atoms with Gasteiger partial charge in [-0.1, -0.05) is 36.6 Å². The number of aliphatic hydroxyl groups is 1. The zero-order valence-corrected chi connectivity index (χ0v) is 12.2. The third kappa shape index (κ3) is 3.39. The highest BCUT2D eigenvalue weighted by molar-refractivity contribution is 6.31. The van der Waals surface area contributed by atoms with Crippen molar-refractivity contribution in [2.24, 2.45) is 11.7 Å². The van der Waals surface area contributed by atoms with Crippen LogP contribution in [0.15, 0.2) is 18.2 Å². The first kappa shape index (κ1) is 15.8. The van der Waals surface area contributed by atoms with Gasteiger partial charge in [0.15, 0.2) is 0 Å². The van der Waals surface area contributed by atoms with E-state index in [4.69, 9.17) is 17.3 Å². The van der Waals surface area contributed by atoms with Gasteiger partial charge in [0, 0.05) is 5.02 Å². The largest absolute Gasteiger partial charge is 0.391 e. The van der Waals surface area contributed by atoms with Gasteiger partial charge < -0.3 is 10.8 Å². The standard InChI is InChI=1S/C14H20ClNO.ClH/c1-9-6-7-11(8-12(9)15)13(16)14(17)10-4-2-3-5-10;/h6-8,10,13-14,17H,2-5,16H2,1H3;1H/t13-,14+;/m1./s1. The minimum absolute atomic E-state index is 0. The van der Waals surface area contributed by atoms with Gasteiger partial charge in [-0.25, -0.2) is 0 Å². The van der Waals surface area contributed by atoms with E-state index >= 15 is 0 Å². The molecule has 2 nitrogen and oxygen atoms in total. The molecule has 1 aromatic rings. The number of hydrogen-bond acceptors (Lipinski definition) is 2. The van der Waals surface area contributed by atoms with Crippen LogP contribution in [-0.4, -0.2) is 11.2 Å². The molecule has 1 aromatic carbocycles. The molecule has 0 aromatic heterocycles. The van der Waals surface area contributed by atoms with E-state index in [2.05, 4.69) is 0 Å². The lowest BCUT2D eigenvalue weighted by Crippen LogP contribution is -2.31. The van der Waals surface area contributed by atoms with E-state index in [0.717, 1.165) is 29.0 Å². The molecule has 4 heteroatoms. The second-order valence-corrected chi connectivity index (χ2v) is 5.48.